The van der Waals surface area contributed by atoms with Gasteiger partial charge >= 0.3 is 0 Å². The molecule has 1 aliphatic carbocycles. The summed E-state index contributed by atoms with van der Waals surface area (Å²) < 4.78 is 0. The topological polar surface area (TPSA) is 20.2 Å². The Bertz CT molecular complexity index is 542. The molecule has 0 radical (unpaired) electrons. The highest BCUT2D eigenvalue weighted by molar-refractivity contribution is 5.47. The molecule has 0 spiro atoms. The van der Waals surface area contributed by atoms with Gasteiger partial charge in [-0.1, -0.05) is 43.3 Å². The molecule has 0 heterocycles. The molecule has 2 aromatic carbocycles. The highest BCUT2D eigenvalue weighted by Crippen LogP contribution is 2.43. The normalized spacial score (nSPS) is 22.4. The molecule has 0 saturated heterocycles. The lowest BCUT2D eigenvalue weighted by atomic mass is 9.77. The number of phenolic OH excluding ortho intramolecular Hbond substituents is 1. The molecular weight excluding hydrogens is 208 g/mol. The zero-order valence-electron chi connectivity index (χ0n) is 9.98. The van der Waals surface area contributed by atoms with Gasteiger partial charge in [0.2, 0.25) is 0 Å². The monoisotopic (exact) mass is 224 g/mol. The van der Waals surface area contributed by atoms with Crippen molar-refractivity contribution in [3.63, 3.8) is 0 Å². The summed E-state index contributed by atoms with van der Waals surface area (Å²) in [5.41, 5.74) is 4.29. The third kappa shape index (κ3) is 1.54. The van der Waals surface area contributed by atoms with Crippen molar-refractivity contribution in [2.75, 3.05) is 0 Å². The third-order valence-corrected chi connectivity index (χ3v) is 4.01. The molecule has 0 amide bonds. The van der Waals surface area contributed by atoms with Gasteiger partial charge in [-0.2, -0.15) is 0 Å². The van der Waals surface area contributed by atoms with Gasteiger partial charge < -0.3 is 5.11 Å². The Labute approximate surface area is 102 Å². The van der Waals surface area contributed by atoms with E-state index in [-0.39, 0.29) is 5.41 Å². The van der Waals surface area contributed by atoms with Crippen molar-refractivity contribution >= 4 is 0 Å². The average Bonchev–Trinajstić information content (AvgIpc) is 2.70. The fourth-order valence-corrected chi connectivity index (χ4v) is 2.93. The molecule has 3 rings (SSSR count). The highest BCUT2D eigenvalue weighted by atomic mass is 16.3. The van der Waals surface area contributed by atoms with Crippen LogP contribution in [0.2, 0.25) is 0 Å². The van der Waals surface area contributed by atoms with Crippen molar-refractivity contribution in [3.05, 3.63) is 65.2 Å². The second-order valence-electron chi connectivity index (χ2n) is 5.04. The number of fused-ring (bicyclic) bond motifs is 1. The zero-order chi connectivity index (χ0) is 11.9. The molecule has 0 bridgehead atoms. The second-order valence-corrected chi connectivity index (χ2v) is 5.04. The van der Waals surface area contributed by atoms with E-state index in [1.165, 1.54) is 16.7 Å². The van der Waals surface area contributed by atoms with Crippen LogP contribution in [0.15, 0.2) is 48.5 Å². The smallest absolute Gasteiger partial charge is 0.115 e. The number of hydrogen-bond acceptors (Lipinski definition) is 1. The molecule has 0 fully saturated rings. The van der Waals surface area contributed by atoms with Crippen LogP contribution in [-0.2, 0) is 11.8 Å². The Balaban J connectivity index is 2.12. The van der Waals surface area contributed by atoms with Crippen molar-refractivity contribution in [3.8, 4) is 5.75 Å². The van der Waals surface area contributed by atoms with Crippen LogP contribution in [-0.4, -0.2) is 5.11 Å². The minimum Gasteiger partial charge on any atom is -0.508 e. The molecule has 1 N–H and O–H groups in total. The molecule has 2 aromatic rings. The van der Waals surface area contributed by atoms with Crippen LogP contribution >= 0.6 is 0 Å². The van der Waals surface area contributed by atoms with Crippen LogP contribution in [0.1, 0.15) is 30.0 Å². The quantitative estimate of drug-likeness (QED) is 0.784. The van der Waals surface area contributed by atoms with Gasteiger partial charge in [0.25, 0.3) is 0 Å². The van der Waals surface area contributed by atoms with E-state index in [9.17, 15) is 5.11 Å². The van der Waals surface area contributed by atoms with Crippen molar-refractivity contribution in [1.82, 2.24) is 0 Å². The Morgan fingerprint density at radius 1 is 1.00 bits per heavy atom. The lowest BCUT2D eigenvalue weighted by molar-refractivity contribution is 0.474. The first kappa shape index (κ1) is 10.4. The van der Waals surface area contributed by atoms with E-state index in [0.29, 0.717) is 5.75 Å². The first-order valence-electron chi connectivity index (χ1n) is 6.08. The number of hydrogen-bond donors (Lipinski definition) is 1. The van der Waals surface area contributed by atoms with E-state index in [0.717, 1.165) is 12.8 Å². The standard InChI is InChI=1S/C16H16O/c1-16(13-6-8-14(17)9-7-13)11-10-12-4-2-3-5-15(12)16/h2-9,17H,10-11H2,1H3. The number of benzene rings is 2. The van der Waals surface area contributed by atoms with Crippen molar-refractivity contribution in [1.29, 1.82) is 0 Å². The van der Waals surface area contributed by atoms with Gasteiger partial charge in [0.15, 0.2) is 0 Å². The Kier molecular flexibility index (Phi) is 2.22. The minimum atomic E-state index is 0.101. The molecule has 86 valence electrons. The first-order valence-corrected chi connectivity index (χ1v) is 6.08. The van der Waals surface area contributed by atoms with Gasteiger partial charge in [-0.15, -0.1) is 0 Å². The maximum Gasteiger partial charge on any atom is 0.115 e. The number of aromatic hydroxyl groups is 1. The maximum atomic E-state index is 9.38. The lowest BCUT2D eigenvalue weighted by Crippen LogP contribution is -2.19. The number of aryl methyl sites for hydroxylation is 1. The van der Waals surface area contributed by atoms with Crippen LogP contribution < -0.4 is 0 Å². The fraction of sp³-hybridized carbons (Fsp3) is 0.250. The van der Waals surface area contributed by atoms with Gasteiger partial charge in [-0.3, -0.25) is 0 Å². The van der Waals surface area contributed by atoms with E-state index in [4.69, 9.17) is 0 Å². The summed E-state index contributed by atoms with van der Waals surface area (Å²) in [6.45, 7) is 2.30. The van der Waals surface area contributed by atoms with E-state index in [1.807, 2.05) is 12.1 Å². The van der Waals surface area contributed by atoms with E-state index >= 15 is 0 Å². The van der Waals surface area contributed by atoms with Crippen LogP contribution in [0, 0.1) is 0 Å². The molecule has 0 aliphatic heterocycles. The van der Waals surface area contributed by atoms with Crippen molar-refractivity contribution < 1.29 is 5.11 Å². The molecule has 1 unspecified atom stereocenters. The summed E-state index contributed by atoms with van der Waals surface area (Å²) in [6.07, 6.45) is 2.30. The predicted octanol–water partition coefficient (Wildman–Crippen LogP) is 3.64. The van der Waals surface area contributed by atoms with Crippen molar-refractivity contribution in [2.24, 2.45) is 0 Å². The van der Waals surface area contributed by atoms with Gasteiger partial charge in [0.1, 0.15) is 5.75 Å². The molecule has 1 nitrogen and oxygen atoms in total. The fourth-order valence-electron chi connectivity index (χ4n) is 2.93. The number of rotatable bonds is 1. The van der Waals surface area contributed by atoms with Crippen LogP contribution in [0.5, 0.6) is 5.75 Å². The SMILES string of the molecule is CC1(c2ccc(O)cc2)CCc2ccccc21. The van der Waals surface area contributed by atoms with E-state index in [1.54, 1.807) is 12.1 Å². The summed E-state index contributed by atoms with van der Waals surface area (Å²) in [5.74, 6) is 0.337. The zero-order valence-corrected chi connectivity index (χ0v) is 9.98. The Morgan fingerprint density at radius 3 is 2.47 bits per heavy atom. The molecule has 0 saturated carbocycles. The largest absolute Gasteiger partial charge is 0.508 e. The highest BCUT2D eigenvalue weighted by Gasteiger charge is 2.35. The Morgan fingerprint density at radius 2 is 1.71 bits per heavy atom. The van der Waals surface area contributed by atoms with Crippen LogP contribution in [0.4, 0.5) is 0 Å². The summed E-state index contributed by atoms with van der Waals surface area (Å²) in [4.78, 5) is 0. The van der Waals surface area contributed by atoms with Gasteiger partial charge in [0, 0.05) is 5.41 Å². The maximum absolute atomic E-state index is 9.38. The minimum absolute atomic E-state index is 0.101. The summed E-state index contributed by atoms with van der Waals surface area (Å²) in [6, 6.07) is 16.3. The van der Waals surface area contributed by atoms with Crippen LogP contribution in [0.25, 0.3) is 0 Å². The molecule has 1 heteroatoms. The summed E-state index contributed by atoms with van der Waals surface area (Å²) in [5, 5.41) is 9.38. The summed E-state index contributed by atoms with van der Waals surface area (Å²) >= 11 is 0. The van der Waals surface area contributed by atoms with E-state index < -0.39 is 0 Å². The Hall–Kier alpha value is -1.76. The number of phenols is 1. The van der Waals surface area contributed by atoms with E-state index in [2.05, 4.69) is 31.2 Å². The second kappa shape index (κ2) is 3.63. The molecule has 17 heavy (non-hydrogen) atoms. The van der Waals surface area contributed by atoms with Gasteiger partial charge in [-0.25, -0.2) is 0 Å². The van der Waals surface area contributed by atoms with Gasteiger partial charge in [0.05, 0.1) is 0 Å². The van der Waals surface area contributed by atoms with Gasteiger partial charge in [-0.05, 0) is 41.7 Å². The van der Waals surface area contributed by atoms with Crippen LogP contribution in [0.3, 0.4) is 0 Å². The first-order chi connectivity index (χ1) is 8.20. The molecule has 1 aliphatic rings. The summed E-state index contributed by atoms with van der Waals surface area (Å²) in [7, 11) is 0. The molecule has 1 atom stereocenters. The molecule has 0 aromatic heterocycles. The lowest BCUT2D eigenvalue weighted by Gasteiger charge is -2.26. The third-order valence-electron chi connectivity index (χ3n) is 4.01. The van der Waals surface area contributed by atoms with Crippen molar-refractivity contribution in [2.45, 2.75) is 25.2 Å². The average molecular weight is 224 g/mol. The predicted molar refractivity (Wildman–Crippen MR) is 69.3 cm³/mol. The molecular formula is C16H16O.